The lowest BCUT2D eigenvalue weighted by atomic mass is 9.73. The number of rotatable bonds is 3. The number of carbonyl (C=O) groups is 1. The first kappa shape index (κ1) is 26.4. The van der Waals surface area contributed by atoms with E-state index in [1.807, 2.05) is 12.1 Å². The number of pyridine rings is 1. The molecule has 2 aromatic heterocycles. The topological polar surface area (TPSA) is 149 Å². The molecule has 0 bridgehead atoms. The van der Waals surface area contributed by atoms with E-state index in [9.17, 15) is 4.79 Å². The number of aromatic nitrogens is 3. The van der Waals surface area contributed by atoms with Gasteiger partial charge in [-0.2, -0.15) is 0 Å². The molecule has 9 nitrogen and oxygen atoms in total. The molecule has 1 spiro atoms. The fourth-order valence-electron chi connectivity index (χ4n) is 5.09. The Balaban J connectivity index is 1.30. The van der Waals surface area contributed by atoms with Crippen LogP contribution in [0.1, 0.15) is 35.6 Å². The number of benzene rings is 1. The predicted molar refractivity (Wildman–Crippen MR) is 151 cm³/mol. The number of hydrogen-bond donors (Lipinski definition) is 4. The number of carbonyl (C=O) groups excluding carboxylic acids is 1. The molecule has 0 unspecified atom stereocenters. The molecule has 38 heavy (non-hydrogen) atoms. The van der Waals surface area contributed by atoms with E-state index in [1.54, 1.807) is 19.3 Å². The maximum Gasteiger partial charge on any atom is 0.295 e. The van der Waals surface area contributed by atoms with Crippen molar-refractivity contribution in [2.45, 2.75) is 35.2 Å². The lowest BCUT2D eigenvalue weighted by molar-refractivity contribution is -0.115. The van der Waals surface area contributed by atoms with E-state index in [0.29, 0.717) is 20.8 Å². The molecular weight excluding hydrogens is 543 g/mol. The summed E-state index contributed by atoms with van der Waals surface area (Å²) in [4.78, 5) is 27.3. The lowest BCUT2D eigenvalue weighted by Gasteiger charge is -2.42. The highest BCUT2D eigenvalue weighted by molar-refractivity contribution is 7.99. The van der Waals surface area contributed by atoms with E-state index in [4.69, 9.17) is 40.4 Å². The van der Waals surface area contributed by atoms with Crippen LogP contribution in [-0.2, 0) is 11.2 Å². The Morgan fingerprint density at radius 2 is 1.95 bits per heavy atom. The van der Waals surface area contributed by atoms with Gasteiger partial charge in [-0.15, -0.1) is 0 Å². The van der Waals surface area contributed by atoms with Crippen molar-refractivity contribution in [1.82, 2.24) is 20.3 Å². The maximum atomic E-state index is 11.5. The first-order valence-corrected chi connectivity index (χ1v) is 13.6. The molecule has 1 aromatic carbocycles. The number of nitrogens with zero attached hydrogens (tertiary/aromatic N) is 4. The Bertz CT molecular complexity index is 1480. The van der Waals surface area contributed by atoms with E-state index in [0.717, 1.165) is 43.5 Å². The van der Waals surface area contributed by atoms with Crippen LogP contribution >= 0.6 is 35.0 Å². The molecular formula is C26H26Cl2N8OS. The second-order valence-corrected chi connectivity index (χ2v) is 11.2. The first-order chi connectivity index (χ1) is 18.2. The lowest BCUT2D eigenvalue weighted by Crippen LogP contribution is -2.44. The summed E-state index contributed by atoms with van der Waals surface area (Å²) in [7, 11) is 1.56. The van der Waals surface area contributed by atoms with Gasteiger partial charge < -0.3 is 27.4 Å². The Morgan fingerprint density at radius 1 is 1.18 bits per heavy atom. The van der Waals surface area contributed by atoms with Crippen LogP contribution in [0.4, 0.5) is 17.5 Å². The van der Waals surface area contributed by atoms with E-state index in [-0.39, 0.29) is 34.2 Å². The molecule has 1 aliphatic carbocycles. The molecule has 0 saturated carbocycles. The molecule has 7 N–H and O–H groups in total. The second-order valence-electron chi connectivity index (χ2n) is 9.39. The van der Waals surface area contributed by atoms with Crippen molar-refractivity contribution in [2.24, 2.45) is 11.1 Å². The van der Waals surface area contributed by atoms with Crippen molar-refractivity contribution in [2.75, 3.05) is 36.5 Å². The minimum Gasteiger partial charge on any atom is -0.382 e. The Hall–Kier alpha value is -3.23. The molecule has 1 aliphatic heterocycles. The molecule has 5 rings (SSSR count). The standard InChI is InChI=1S/C26H26Cl2N8OS/c1-32-18(37)5-3-14-2-4-15-13-26(20(29)16(15)12-14)7-10-36(11-8-26)24-21(28)34-25(23(31)35-24)38-17-6-9-33-22(30)19(17)27/h2,4,6,9,12,20H,7-8,10-11,13,29H2,1H3,(H2,30,33)(H2,31,35)(H,32,37)/t20-/m1/s1. The minimum atomic E-state index is -0.321. The molecule has 196 valence electrons. The van der Waals surface area contributed by atoms with Crippen LogP contribution in [0.2, 0.25) is 10.2 Å². The van der Waals surface area contributed by atoms with Gasteiger partial charge >= 0.3 is 0 Å². The highest BCUT2D eigenvalue weighted by Crippen LogP contribution is 2.51. The Labute approximate surface area is 234 Å². The third kappa shape index (κ3) is 4.95. The first-order valence-electron chi connectivity index (χ1n) is 12.0. The van der Waals surface area contributed by atoms with Gasteiger partial charge in [-0.1, -0.05) is 47.0 Å². The van der Waals surface area contributed by atoms with Crippen LogP contribution in [0.5, 0.6) is 0 Å². The van der Waals surface area contributed by atoms with Gasteiger partial charge in [-0.05, 0) is 54.0 Å². The summed E-state index contributed by atoms with van der Waals surface area (Å²) in [6, 6.07) is 7.65. The van der Waals surface area contributed by atoms with Crippen LogP contribution in [0, 0.1) is 17.3 Å². The Kier molecular flexibility index (Phi) is 7.29. The van der Waals surface area contributed by atoms with Crippen molar-refractivity contribution in [3.8, 4) is 11.8 Å². The van der Waals surface area contributed by atoms with Crippen molar-refractivity contribution in [3.63, 3.8) is 0 Å². The zero-order valence-corrected chi connectivity index (χ0v) is 22.9. The molecule has 0 radical (unpaired) electrons. The molecule has 1 fully saturated rings. The summed E-state index contributed by atoms with van der Waals surface area (Å²) in [5.41, 5.74) is 21.9. The molecule has 1 amide bonds. The van der Waals surface area contributed by atoms with Crippen molar-refractivity contribution in [1.29, 1.82) is 0 Å². The zero-order chi connectivity index (χ0) is 27.0. The highest BCUT2D eigenvalue weighted by atomic mass is 35.5. The quantitative estimate of drug-likeness (QED) is 0.348. The average Bonchev–Trinajstić information content (AvgIpc) is 3.18. The van der Waals surface area contributed by atoms with E-state index >= 15 is 0 Å². The molecule has 3 aromatic rings. The summed E-state index contributed by atoms with van der Waals surface area (Å²) in [5, 5.41) is 3.56. The van der Waals surface area contributed by atoms with Gasteiger partial charge in [0.05, 0.1) is 5.02 Å². The normalized spacial score (nSPS) is 17.6. The number of piperidine rings is 1. The molecule has 3 heterocycles. The van der Waals surface area contributed by atoms with E-state index in [1.165, 1.54) is 17.3 Å². The number of nitrogen functional groups attached to an aromatic ring is 2. The Morgan fingerprint density at radius 3 is 2.68 bits per heavy atom. The highest BCUT2D eigenvalue weighted by Gasteiger charge is 2.46. The van der Waals surface area contributed by atoms with Crippen LogP contribution in [-0.4, -0.2) is 41.0 Å². The smallest absolute Gasteiger partial charge is 0.295 e. The largest absolute Gasteiger partial charge is 0.382 e. The number of anilines is 3. The number of amides is 1. The summed E-state index contributed by atoms with van der Waals surface area (Å²) >= 11 is 14.1. The van der Waals surface area contributed by atoms with Crippen LogP contribution in [0.25, 0.3) is 0 Å². The second kappa shape index (κ2) is 10.5. The van der Waals surface area contributed by atoms with Gasteiger partial charge in [0.25, 0.3) is 5.91 Å². The molecule has 12 heteroatoms. The summed E-state index contributed by atoms with van der Waals surface area (Å²) < 4.78 is 0. The number of nitrogens with one attached hydrogen (secondary N) is 1. The average molecular weight is 570 g/mol. The fourth-order valence-corrected chi connectivity index (χ4v) is 6.43. The summed E-state index contributed by atoms with van der Waals surface area (Å²) in [6.45, 7) is 1.44. The van der Waals surface area contributed by atoms with Gasteiger partial charge in [0, 0.05) is 48.8 Å². The SMILES string of the molecule is CNC(=O)C#Cc1ccc2c(c1)[C@@H](N)C1(CCN(c3nc(N)c(Sc4ccnc(N)c4Cl)nc3Cl)CC1)C2. The molecule has 2 aliphatic rings. The van der Waals surface area contributed by atoms with Crippen LogP contribution in [0.15, 0.2) is 40.4 Å². The maximum absolute atomic E-state index is 11.5. The number of halogens is 2. The van der Waals surface area contributed by atoms with E-state index in [2.05, 4.69) is 43.1 Å². The number of nitrogens with two attached hydrogens (primary N) is 3. The van der Waals surface area contributed by atoms with Gasteiger partial charge in [0.1, 0.15) is 10.8 Å². The fraction of sp³-hybridized carbons (Fsp3) is 0.308. The van der Waals surface area contributed by atoms with Gasteiger partial charge in [-0.3, -0.25) is 4.79 Å². The third-order valence-corrected chi connectivity index (χ3v) is 9.02. The van der Waals surface area contributed by atoms with Crippen LogP contribution < -0.4 is 27.4 Å². The van der Waals surface area contributed by atoms with E-state index < -0.39 is 0 Å². The number of hydrogen-bond acceptors (Lipinski definition) is 9. The number of fused-ring (bicyclic) bond motifs is 1. The van der Waals surface area contributed by atoms with Gasteiger partial charge in [0.2, 0.25) is 0 Å². The zero-order valence-electron chi connectivity index (χ0n) is 20.6. The van der Waals surface area contributed by atoms with Gasteiger partial charge in [-0.25, -0.2) is 15.0 Å². The van der Waals surface area contributed by atoms with Crippen molar-refractivity contribution < 1.29 is 4.79 Å². The monoisotopic (exact) mass is 568 g/mol. The van der Waals surface area contributed by atoms with Crippen molar-refractivity contribution in [3.05, 3.63) is 57.3 Å². The molecule has 1 saturated heterocycles. The minimum absolute atomic E-state index is 0.0645. The summed E-state index contributed by atoms with van der Waals surface area (Å²) in [6.07, 6.45) is 4.19. The van der Waals surface area contributed by atoms with Crippen LogP contribution in [0.3, 0.4) is 0 Å². The predicted octanol–water partition coefficient (Wildman–Crippen LogP) is 3.43. The molecule has 1 atom stereocenters. The summed E-state index contributed by atoms with van der Waals surface area (Å²) in [5.74, 6) is 6.22. The van der Waals surface area contributed by atoms with Crippen molar-refractivity contribution >= 4 is 58.3 Å². The van der Waals surface area contributed by atoms with Gasteiger partial charge in [0.15, 0.2) is 16.8 Å². The third-order valence-electron chi connectivity index (χ3n) is 7.21.